The molecule has 0 bridgehead atoms. The van der Waals surface area contributed by atoms with E-state index in [-0.39, 0.29) is 31.2 Å². The summed E-state index contributed by atoms with van der Waals surface area (Å²) in [5.41, 5.74) is 1.00. The molecule has 0 radical (unpaired) electrons. The topological polar surface area (TPSA) is 93.5 Å². The number of nitrogens with zero attached hydrogens (tertiary/aromatic N) is 2. The summed E-state index contributed by atoms with van der Waals surface area (Å²) in [6.07, 6.45) is 2.51. The first-order valence-electron chi connectivity index (χ1n) is 12.4. The molecule has 0 saturated heterocycles. The molecule has 3 aromatic rings. The van der Waals surface area contributed by atoms with Crippen LogP contribution in [0, 0.1) is 11.6 Å². The van der Waals surface area contributed by atoms with Crippen LogP contribution in [0.2, 0.25) is 0 Å². The zero-order chi connectivity index (χ0) is 28.2. The molecule has 1 N–H and O–H groups in total. The number of ether oxygens (including phenoxy) is 3. The fourth-order valence-corrected chi connectivity index (χ4v) is 3.87. The van der Waals surface area contributed by atoms with Gasteiger partial charge < -0.3 is 33.7 Å². The van der Waals surface area contributed by atoms with Crippen LogP contribution in [0.25, 0.3) is 0 Å². The van der Waals surface area contributed by atoms with Gasteiger partial charge in [-0.15, -0.1) is 0 Å². The van der Waals surface area contributed by atoms with Crippen molar-refractivity contribution in [2.45, 2.75) is 19.4 Å². The van der Waals surface area contributed by atoms with Crippen LogP contribution in [0.15, 0.2) is 59.2 Å². The second-order valence-electron chi connectivity index (χ2n) is 8.66. The quantitative estimate of drug-likeness (QED) is 0.295. The molecule has 9 nitrogen and oxygen atoms in total. The van der Waals surface area contributed by atoms with Gasteiger partial charge in [-0.2, -0.15) is 0 Å². The molecular weight excluding hydrogens is 512 g/mol. The van der Waals surface area contributed by atoms with Crippen molar-refractivity contribution in [1.82, 2.24) is 9.80 Å². The number of nitrogens with one attached hydrogen (secondary N) is 1. The van der Waals surface area contributed by atoms with E-state index in [0.717, 1.165) is 17.7 Å². The molecule has 1 heterocycles. The molecule has 3 rings (SSSR count). The van der Waals surface area contributed by atoms with Gasteiger partial charge in [-0.05, 0) is 54.8 Å². The fourth-order valence-electron chi connectivity index (χ4n) is 3.87. The second kappa shape index (κ2) is 14.7. The zero-order valence-electron chi connectivity index (χ0n) is 22.2. The molecule has 0 aliphatic carbocycles. The number of halogens is 2. The minimum atomic E-state index is -1.09. The summed E-state index contributed by atoms with van der Waals surface area (Å²) in [4.78, 5) is 29.4. The number of carbonyl (C=O) groups excluding carboxylic acids is 2. The standard InChI is InChI=1S/C28H33F2N3O6/c1-36-14-5-12-33(28(35)31-21-8-9-23(29)24(30)17-21)19-27(34)32(18-22-6-4-15-39-22)13-11-20-7-10-25(37-2)26(16-20)38-3/h4,6-10,15-17H,5,11-14,18-19H2,1-3H3,(H,31,35). The number of carbonyl (C=O) groups is 2. The van der Waals surface area contributed by atoms with Crippen LogP contribution in [0.4, 0.5) is 19.3 Å². The largest absolute Gasteiger partial charge is 0.493 e. The van der Waals surface area contributed by atoms with Crippen molar-refractivity contribution in [2.24, 2.45) is 0 Å². The van der Waals surface area contributed by atoms with Gasteiger partial charge in [0.05, 0.1) is 27.0 Å². The molecule has 0 fully saturated rings. The maximum atomic E-state index is 13.6. The number of methoxy groups -OCH3 is 3. The van der Waals surface area contributed by atoms with Crippen molar-refractivity contribution in [3.05, 3.63) is 77.8 Å². The highest BCUT2D eigenvalue weighted by atomic mass is 19.2. The van der Waals surface area contributed by atoms with E-state index in [0.29, 0.717) is 43.3 Å². The molecule has 2 aromatic carbocycles. The molecule has 3 amide bonds. The summed E-state index contributed by atoms with van der Waals surface area (Å²) in [6, 6.07) is 11.5. The first-order chi connectivity index (χ1) is 18.8. The second-order valence-corrected chi connectivity index (χ2v) is 8.66. The molecule has 11 heteroatoms. The SMILES string of the molecule is COCCCN(CC(=O)N(CCc1ccc(OC)c(OC)c1)Cc1ccco1)C(=O)Nc1ccc(F)c(F)c1. The minimum absolute atomic E-state index is 0.0731. The van der Waals surface area contributed by atoms with E-state index in [1.807, 2.05) is 12.1 Å². The van der Waals surface area contributed by atoms with Crippen molar-refractivity contribution in [3.8, 4) is 11.5 Å². The summed E-state index contributed by atoms with van der Waals surface area (Å²) in [5, 5.41) is 2.53. The number of anilines is 1. The maximum Gasteiger partial charge on any atom is 0.322 e. The molecule has 1 aromatic heterocycles. The number of amides is 3. The van der Waals surface area contributed by atoms with Gasteiger partial charge in [0.15, 0.2) is 23.1 Å². The molecule has 0 atom stereocenters. The Morgan fingerprint density at radius 1 is 0.923 bits per heavy atom. The van der Waals surface area contributed by atoms with Gasteiger partial charge in [-0.1, -0.05) is 6.07 Å². The highest BCUT2D eigenvalue weighted by molar-refractivity contribution is 5.92. The monoisotopic (exact) mass is 545 g/mol. The third-order valence-corrected chi connectivity index (χ3v) is 5.96. The van der Waals surface area contributed by atoms with Crippen LogP contribution in [-0.2, 0) is 22.5 Å². The van der Waals surface area contributed by atoms with Crippen LogP contribution in [-0.4, -0.2) is 69.3 Å². The van der Waals surface area contributed by atoms with Gasteiger partial charge in [0.25, 0.3) is 0 Å². The molecular formula is C28H33F2N3O6. The average molecular weight is 546 g/mol. The molecule has 0 saturated carbocycles. The smallest absolute Gasteiger partial charge is 0.322 e. The van der Waals surface area contributed by atoms with Crippen molar-refractivity contribution >= 4 is 17.6 Å². The Kier molecular flexibility index (Phi) is 11.1. The van der Waals surface area contributed by atoms with Gasteiger partial charge in [0.2, 0.25) is 5.91 Å². The lowest BCUT2D eigenvalue weighted by molar-refractivity contribution is -0.132. The van der Waals surface area contributed by atoms with Gasteiger partial charge in [-0.3, -0.25) is 4.79 Å². The van der Waals surface area contributed by atoms with Crippen LogP contribution < -0.4 is 14.8 Å². The van der Waals surface area contributed by atoms with E-state index in [1.165, 1.54) is 24.3 Å². The number of benzene rings is 2. The predicted molar refractivity (Wildman–Crippen MR) is 141 cm³/mol. The molecule has 0 aliphatic heterocycles. The Bertz CT molecular complexity index is 1220. The van der Waals surface area contributed by atoms with E-state index in [1.54, 1.807) is 37.3 Å². The number of rotatable bonds is 14. The van der Waals surface area contributed by atoms with Crippen molar-refractivity contribution < 1.29 is 37.0 Å². The molecule has 0 spiro atoms. The lowest BCUT2D eigenvalue weighted by Gasteiger charge is -2.27. The van der Waals surface area contributed by atoms with Crippen molar-refractivity contribution in [3.63, 3.8) is 0 Å². The number of hydrogen-bond acceptors (Lipinski definition) is 6. The summed E-state index contributed by atoms with van der Waals surface area (Å²) in [7, 11) is 4.65. The van der Waals surface area contributed by atoms with E-state index in [4.69, 9.17) is 18.6 Å². The highest BCUT2D eigenvalue weighted by Gasteiger charge is 2.23. The van der Waals surface area contributed by atoms with Crippen LogP contribution in [0.5, 0.6) is 11.5 Å². The van der Waals surface area contributed by atoms with E-state index < -0.39 is 17.7 Å². The van der Waals surface area contributed by atoms with Crippen molar-refractivity contribution in [1.29, 1.82) is 0 Å². The highest BCUT2D eigenvalue weighted by Crippen LogP contribution is 2.28. The van der Waals surface area contributed by atoms with E-state index in [9.17, 15) is 18.4 Å². The summed E-state index contributed by atoms with van der Waals surface area (Å²) in [6.45, 7) is 0.880. The van der Waals surface area contributed by atoms with Crippen molar-refractivity contribution in [2.75, 3.05) is 52.9 Å². The Morgan fingerprint density at radius 2 is 1.72 bits per heavy atom. The lowest BCUT2D eigenvalue weighted by atomic mass is 10.1. The normalized spacial score (nSPS) is 10.7. The third-order valence-electron chi connectivity index (χ3n) is 5.96. The summed E-state index contributed by atoms with van der Waals surface area (Å²) >= 11 is 0. The van der Waals surface area contributed by atoms with Gasteiger partial charge in [-0.25, -0.2) is 13.6 Å². The Labute approximate surface area is 226 Å². The van der Waals surface area contributed by atoms with E-state index in [2.05, 4.69) is 5.32 Å². The van der Waals surface area contributed by atoms with Crippen LogP contribution >= 0.6 is 0 Å². The summed E-state index contributed by atoms with van der Waals surface area (Å²) < 4.78 is 48.2. The van der Waals surface area contributed by atoms with Gasteiger partial charge in [0.1, 0.15) is 12.3 Å². The first kappa shape index (κ1) is 29.4. The summed E-state index contributed by atoms with van der Waals surface area (Å²) in [5.74, 6) is -0.656. The zero-order valence-corrected chi connectivity index (χ0v) is 22.2. The molecule has 0 unspecified atom stereocenters. The van der Waals surface area contributed by atoms with Gasteiger partial charge in [0, 0.05) is 38.6 Å². The Morgan fingerprint density at radius 3 is 2.38 bits per heavy atom. The maximum absolute atomic E-state index is 13.6. The lowest BCUT2D eigenvalue weighted by Crippen LogP contribution is -2.45. The molecule has 210 valence electrons. The fraction of sp³-hybridized carbons (Fsp3) is 0.357. The Balaban J connectivity index is 1.74. The third kappa shape index (κ3) is 8.71. The predicted octanol–water partition coefficient (Wildman–Crippen LogP) is 4.72. The number of hydrogen-bond donors (Lipinski definition) is 1. The average Bonchev–Trinajstić information content (AvgIpc) is 3.45. The molecule has 39 heavy (non-hydrogen) atoms. The van der Waals surface area contributed by atoms with E-state index >= 15 is 0 Å². The van der Waals surface area contributed by atoms with Crippen LogP contribution in [0.1, 0.15) is 17.7 Å². The first-order valence-corrected chi connectivity index (χ1v) is 12.4. The number of urea groups is 1. The minimum Gasteiger partial charge on any atom is -0.493 e. The Hall–Kier alpha value is -4.12. The van der Waals surface area contributed by atoms with Gasteiger partial charge >= 0.3 is 6.03 Å². The van der Waals surface area contributed by atoms with Crippen LogP contribution in [0.3, 0.4) is 0 Å². The number of furan rings is 1. The molecule has 0 aliphatic rings.